The van der Waals surface area contributed by atoms with Crippen LogP contribution in [0.15, 0.2) is 12.3 Å². The largest absolute Gasteiger partial charge is 0.357 e. The number of hydrogen-bond donors (Lipinski definition) is 2. The number of anilines is 1. The number of carbonyl (C=O) groups excluding carboxylic acids is 1. The average molecular weight is 166 g/mol. The summed E-state index contributed by atoms with van der Waals surface area (Å²) in [7, 11) is 3.26. The van der Waals surface area contributed by atoms with Crippen molar-refractivity contribution in [2.45, 2.75) is 0 Å². The summed E-state index contributed by atoms with van der Waals surface area (Å²) in [6, 6.07) is 1.56. The van der Waals surface area contributed by atoms with Gasteiger partial charge >= 0.3 is 0 Å². The quantitative estimate of drug-likeness (QED) is 0.642. The van der Waals surface area contributed by atoms with Crippen molar-refractivity contribution in [3.8, 4) is 0 Å². The Morgan fingerprint density at radius 2 is 2.25 bits per heavy atom. The van der Waals surface area contributed by atoms with Gasteiger partial charge < -0.3 is 10.6 Å². The highest BCUT2D eigenvalue weighted by molar-refractivity contribution is 5.92. The molecule has 0 aromatic carbocycles. The Labute approximate surface area is 70.2 Å². The molecule has 1 aromatic rings. The first kappa shape index (κ1) is 8.45. The topological polar surface area (TPSA) is 66.9 Å². The zero-order valence-electron chi connectivity index (χ0n) is 6.96. The highest BCUT2D eigenvalue weighted by Gasteiger charge is 2.04. The van der Waals surface area contributed by atoms with E-state index in [2.05, 4.69) is 20.6 Å². The van der Waals surface area contributed by atoms with E-state index in [4.69, 9.17) is 0 Å². The van der Waals surface area contributed by atoms with Gasteiger partial charge in [0.25, 0.3) is 5.91 Å². The SMILES string of the molecule is CNC(=O)c1ccnc(NC)n1. The van der Waals surface area contributed by atoms with Crippen LogP contribution in [0.4, 0.5) is 5.95 Å². The molecular weight excluding hydrogens is 156 g/mol. The fourth-order valence-corrected chi connectivity index (χ4v) is 0.734. The minimum absolute atomic E-state index is 0.214. The maximum atomic E-state index is 11.1. The van der Waals surface area contributed by atoms with E-state index in [0.29, 0.717) is 11.6 Å². The first-order valence-electron chi connectivity index (χ1n) is 3.51. The van der Waals surface area contributed by atoms with E-state index in [1.807, 2.05) is 0 Å². The van der Waals surface area contributed by atoms with Gasteiger partial charge in [-0.25, -0.2) is 9.97 Å². The van der Waals surface area contributed by atoms with E-state index < -0.39 is 0 Å². The third kappa shape index (κ3) is 1.69. The van der Waals surface area contributed by atoms with E-state index >= 15 is 0 Å². The summed E-state index contributed by atoms with van der Waals surface area (Å²) in [5.41, 5.74) is 0.358. The lowest BCUT2D eigenvalue weighted by atomic mass is 10.4. The summed E-state index contributed by atoms with van der Waals surface area (Å²) in [4.78, 5) is 18.9. The van der Waals surface area contributed by atoms with Crippen molar-refractivity contribution in [3.05, 3.63) is 18.0 Å². The van der Waals surface area contributed by atoms with Gasteiger partial charge in [0.1, 0.15) is 5.69 Å². The van der Waals surface area contributed by atoms with Crippen LogP contribution in [0, 0.1) is 0 Å². The van der Waals surface area contributed by atoms with Gasteiger partial charge in [0.15, 0.2) is 0 Å². The predicted molar refractivity (Wildman–Crippen MR) is 45.0 cm³/mol. The summed E-state index contributed by atoms with van der Waals surface area (Å²) < 4.78 is 0. The Kier molecular flexibility index (Phi) is 2.57. The zero-order valence-corrected chi connectivity index (χ0v) is 6.96. The number of carbonyl (C=O) groups is 1. The van der Waals surface area contributed by atoms with Crippen LogP contribution in [0.25, 0.3) is 0 Å². The van der Waals surface area contributed by atoms with Crippen LogP contribution in [0.1, 0.15) is 10.5 Å². The smallest absolute Gasteiger partial charge is 0.269 e. The van der Waals surface area contributed by atoms with E-state index in [0.717, 1.165) is 0 Å². The van der Waals surface area contributed by atoms with Crippen molar-refractivity contribution in [2.75, 3.05) is 19.4 Å². The Morgan fingerprint density at radius 1 is 1.50 bits per heavy atom. The number of rotatable bonds is 2. The lowest BCUT2D eigenvalue weighted by molar-refractivity contribution is 0.0958. The Hall–Kier alpha value is -1.65. The minimum atomic E-state index is -0.214. The van der Waals surface area contributed by atoms with Crippen LogP contribution in [0.5, 0.6) is 0 Å². The predicted octanol–water partition coefficient (Wildman–Crippen LogP) is -0.122. The molecule has 2 N–H and O–H groups in total. The maximum absolute atomic E-state index is 11.1. The van der Waals surface area contributed by atoms with Crippen LogP contribution in [-0.4, -0.2) is 30.0 Å². The van der Waals surface area contributed by atoms with Crippen molar-refractivity contribution >= 4 is 11.9 Å². The molecule has 0 spiro atoms. The van der Waals surface area contributed by atoms with Crippen LogP contribution in [0.2, 0.25) is 0 Å². The second-order valence-corrected chi connectivity index (χ2v) is 2.09. The Morgan fingerprint density at radius 3 is 2.83 bits per heavy atom. The lowest BCUT2D eigenvalue weighted by Crippen LogP contribution is -2.19. The zero-order chi connectivity index (χ0) is 8.97. The molecule has 0 unspecified atom stereocenters. The second kappa shape index (κ2) is 3.66. The van der Waals surface area contributed by atoms with Gasteiger partial charge in [-0.05, 0) is 6.07 Å². The van der Waals surface area contributed by atoms with Crippen molar-refractivity contribution in [1.82, 2.24) is 15.3 Å². The van der Waals surface area contributed by atoms with Gasteiger partial charge in [-0.1, -0.05) is 0 Å². The van der Waals surface area contributed by atoms with Gasteiger partial charge in [0.05, 0.1) is 0 Å². The summed E-state index contributed by atoms with van der Waals surface area (Å²) >= 11 is 0. The molecule has 0 bridgehead atoms. The van der Waals surface area contributed by atoms with Crippen molar-refractivity contribution in [2.24, 2.45) is 0 Å². The molecule has 1 amide bonds. The van der Waals surface area contributed by atoms with Crippen molar-refractivity contribution < 1.29 is 4.79 Å². The lowest BCUT2D eigenvalue weighted by Gasteiger charge is -2.00. The van der Waals surface area contributed by atoms with Crippen molar-refractivity contribution in [3.63, 3.8) is 0 Å². The summed E-state index contributed by atoms with van der Waals surface area (Å²) in [5.74, 6) is 0.227. The summed E-state index contributed by atoms with van der Waals surface area (Å²) in [6.45, 7) is 0. The first-order valence-corrected chi connectivity index (χ1v) is 3.51. The van der Waals surface area contributed by atoms with E-state index in [-0.39, 0.29) is 5.91 Å². The van der Waals surface area contributed by atoms with Crippen LogP contribution in [0.3, 0.4) is 0 Å². The monoisotopic (exact) mass is 166 g/mol. The molecule has 0 saturated carbocycles. The molecule has 0 saturated heterocycles. The van der Waals surface area contributed by atoms with Crippen molar-refractivity contribution in [1.29, 1.82) is 0 Å². The van der Waals surface area contributed by atoms with Crippen LogP contribution in [-0.2, 0) is 0 Å². The van der Waals surface area contributed by atoms with Gasteiger partial charge in [-0.2, -0.15) is 0 Å². The Bertz CT molecular complexity index is 286. The molecule has 5 heteroatoms. The summed E-state index contributed by atoms with van der Waals surface area (Å²) in [6.07, 6.45) is 1.53. The highest BCUT2D eigenvalue weighted by Crippen LogP contribution is 1.98. The average Bonchev–Trinajstić information content (AvgIpc) is 2.17. The fraction of sp³-hybridized carbons (Fsp3) is 0.286. The molecule has 0 aliphatic heterocycles. The van der Waals surface area contributed by atoms with Crippen LogP contribution < -0.4 is 10.6 Å². The molecule has 64 valence electrons. The molecule has 0 fully saturated rings. The van der Waals surface area contributed by atoms with Gasteiger partial charge in [-0.15, -0.1) is 0 Å². The normalized spacial score (nSPS) is 9.17. The third-order valence-electron chi connectivity index (χ3n) is 1.34. The molecule has 0 aliphatic carbocycles. The highest BCUT2D eigenvalue weighted by atomic mass is 16.1. The minimum Gasteiger partial charge on any atom is -0.357 e. The molecule has 1 aromatic heterocycles. The molecule has 5 nitrogen and oxygen atoms in total. The van der Waals surface area contributed by atoms with Gasteiger partial charge in [0, 0.05) is 20.3 Å². The standard InChI is InChI=1S/C7H10N4O/c1-8-6(12)5-3-4-10-7(9-2)11-5/h3-4H,1-2H3,(H,8,12)(H,9,10,11). The number of hydrogen-bond acceptors (Lipinski definition) is 4. The molecule has 12 heavy (non-hydrogen) atoms. The molecule has 0 radical (unpaired) electrons. The number of nitrogens with zero attached hydrogens (tertiary/aromatic N) is 2. The van der Waals surface area contributed by atoms with E-state index in [9.17, 15) is 4.79 Å². The summed E-state index contributed by atoms with van der Waals surface area (Å²) in [5, 5.41) is 5.22. The Balaban J connectivity index is 2.93. The van der Waals surface area contributed by atoms with E-state index in [1.54, 1.807) is 20.2 Å². The molecule has 1 heterocycles. The molecule has 0 aliphatic rings. The number of amides is 1. The van der Waals surface area contributed by atoms with Crippen LogP contribution >= 0.6 is 0 Å². The number of aromatic nitrogens is 2. The van der Waals surface area contributed by atoms with Gasteiger partial charge in [0.2, 0.25) is 5.95 Å². The fourth-order valence-electron chi connectivity index (χ4n) is 0.734. The molecule has 1 rings (SSSR count). The maximum Gasteiger partial charge on any atom is 0.269 e. The number of nitrogens with one attached hydrogen (secondary N) is 2. The molecule has 0 atom stereocenters. The second-order valence-electron chi connectivity index (χ2n) is 2.09. The third-order valence-corrected chi connectivity index (χ3v) is 1.34. The van der Waals surface area contributed by atoms with Gasteiger partial charge in [-0.3, -0.25) is 4.79 Å². The first-order chi connectivity index (χ1) is 5.77. The van der Waals surface area contributed by atoms with E-state index in [1.165, 1.54) is 6.20 Å². The molecular formula is C7H10N4O.